The minimum absolute atomic E-state index is 0.00722. The molecular weight excluding hydrogens is 456 g/mol. The van der Waals surface area contributed by atoms with Crippen LogP contribution < -0.4 is 5.32 Å². The molecule has 3 aromatic heterocycles. The van der Waals surface area contributed by atoms with Crippen LogP contribution in [-0.4, -0.2) is 26.6 Å². The highest BCUT2D eigenvalue weighted by atomic mass is 32.1. The van der Waals surface area contributed by atoms with Crippen molar-refractivity contribution < 1.29 is 22.4 Å². The van der Waals surface area contributed by atoms with Crippen molar-refractivity contribution in [3.05, 3.63) is 83.4 Å². The average molecular weight is 474 g/mol. The van der Waals surface area contributed by atoms with Crippen molar-refractivity contribution in [3.8, 4) is 0 Å². The maximum Gasteiger partial charge on any atom is 0.406 e. The molecule has 33 heavy (non-hydrogen) atoms. The Morgan fingerprint density at radius 3 is 2.67 bits per heavy atom. The number of para-hydroxylation sites is 1. The summed E-state index contributed by atoms with van der Waals surface area (Å²) in [6.45, 7) is 0.502. The summed E-state index contributed by atoms with van der Waals surface area (Å²) in [5, 5.41) is 4.40. The van der Waals surface area contributed by atoms with Gasteiger partial charge in [0.05, 0.1) is 11.1 Å². The average Bonchev–Trinajstić information content (AvgIpc) is 3.46. The number of rotatable bonds is 3. The Kier molecular flexibility index (Phi) is 6.19. The van der Waals surface area contributed by atoms with Gasteiger partial charge in [0.1, 0.15) is 12.4 Å². The molecule has 5 aromatic rings. The molecule has 0 spiro atoms. The van der Waals surface area contributed by atoms with E-state index in [1.54, 1.807) is 6.20 Å². The maximum absolute atomic E-state index is 13.4. The molecule has 0 unspecified atom stereocenters. The lowest BCUT2D eigenvalue weighted by Crippen LogP contribution is -2.17. The molecule has 2 N–H and O–H groups in total. The van der Waals surface area contributed by atoms with Gasteiger partial charge in [-0.1, -0.05) is 18.2 Å². The number of benzene rings is 2. The number of alkyl halides is 3. The van der Waals surface area contributed by atoms with E-state index in [2.05, 4.69) is 33.5 Å². The van der Waals surface area contributed by atoms with E-state index in [4.69, 9.17) is 0 Å². The molecule has 3 heterocycles. The number of hydrogen-bond acceptors (Lipinski definition) is 3. The van der Waals surface area contributed by atoms with E-state index in [1.807, 2.05) is 25.3 Å². The SMILES string of the molecule is Cc1cnc(NC(=O)c2cn(CC(F)(F)F)c3cc(F)ccc23)s1.c1ccc2[nH]ccc2c1. The molecule has 0 fully saturated rings. The van der Waals surface area contributed by atoms with Gasteiger partial charge in [-0.15, -0.1) is 11.3 Å². The quantitative estimate of drug-likeness (QED) is 0.292. The van der Waals surface area contributed by atoms with Gasteiger partial charge in [0.2, 0.25) is 0 Å². The van der Waals surface area contributed by atoms with E-state index in [1.165, 1.54) is 28.3 Å². The van der Waals surface area contributed by atoms with E-state index < -0.39 is 24.4 Å². The lowest BCUT2D eigenvalue weighted by molar-refractivity contribution is -0.139. The first-order valence-corrected chi connectivity index (χ1v) is 10.6. The Balaban J connectivity index is 0.000000238. The maximum atomic E-state index is 13.4. The molecule has 0 saturated heterocycles. The molecule has 2 aromatic carbocycles. The Morgan fingerprint density at radius 1 is 1.18 bits per heavy atom. The summed E-state index contributed by atoms with van der Waals surface area (Å²) in [4.78, 5) is 20.4. The van der Waals surface area contributed by atoms with Crippen LogP contribution >= 0.6 is 11.3 Å². The molecule has 10 heteroatoms. The van der Waals surface area contributed by atoms with Gasteiger partial charge in [-0.05, 0) is 42.6 Å². The summed E-state index contributed by atoms with van der Waals surface area (Å²) >= 11 is 1.25. The minimum Gasteiger partial charge on any atom is -0.361 e. The highest BCUT2D eigenvalue weighted by Gasteiger charge is 2.29. The van der Waals surface area contributed by atoms with Crippen molar-refractivity contribution in [1.29, 1.82) is 0 Å². The predicted molar refractivity (Wildman–Crippen MR) is 121 cm³/mol. The van der Waals surface area contributed by atoms with Crippen LogP contribution in [0.15, 0.2) is 67.1 Å². The van der Waals surface area contributed by atoms with Crippen molar-refractivity contribution in [2.24, 2.45) is 0 Å². The molecular formula is C23H18F4N4OS. The van der Waals surface area contributed by atoms with Gasteiger partial charge in [-0.25, -0.2) is 9.37 Å². The zero-order valence-electron chi connectivity index (χ0n) is 17.3. The van der Waals surface area contributed by atoms with Gasteiger partial charge in [0, 0.05) is 34.4 Å². The fraction of sp³-hybridized carbons (Fsp3) is 0.130. The van der Waals surface area contributed by atoms with Crippen LogP contribution in [0.25, 0.3) is 21.8 Å². The number of carbonyl (C=O) groups excluding carboxylic acids is 1. The standard InChI is InChI=1S/C15H11F4N3OS.C8H7N/c1-8-5-20-14(24-8)21-13(23)11-6-22(7-15(17,18)19)12-4-9(16)2-3-10(11)12;1-2-4-8-7(3-1)5-6-9-8/h2-6H,7H2,1H3,(H,20,21,23);1-6,9H. The number of H-pyrrole nitrogens is 1. The summed E-state index contributed by atoms with van der Waals surface area (Å²) in [5.41, 5.74) is 1.24. The largest absolute Gasteiger partial charge is 0.406 e. The summed E-state index contributed by atoms with van der Waals surface area (Å²) in [7, 11) is 0. The Labute approximate surface area is 189 Å². The summed E-state index contributed by atoms with van der Waals surface area (Å²) < 4.78 is 52.3. The number of nitrogens with one attached hydrogen (secondary N) is 2. The fourth-order valence-corrected chi connectivity index (χ4v) is 4.00. The number of hydrogen-bond donors (Lipinski definition) is 2. The number of carbonyl (C=O) groups is 1. The number of amides is 1. The second-order valence-electron chi connectivity index (χ2n) is 7.24. The molecule has 0 atom stereocenters. The Morgan fingerprint density at radius 2 is 1.97 bits per heavy atom. The molecule has 1 amide bonds. The predicted octanol–water partition coefficient (Wildman–Crippen LogP) is 6.53. The number of aromatic amines is 1. The number of aromatic nitrogens is 3. The Hall–Kier alpha value is -3.66. The van der Waals surface area contributed by atoms with Crippen molar-refractivity contribution >= 4 is 44.2 Å². The van der Waals surface area contributed by atoms with E-state index in [0.29, 0.717) is 5.13 Å². The molecule has 0 bridgehead atoms. The monoisotopic (exact) mass is 474 g/mol. The van der Waals surface area contributed by atoms with Crippen LogP contribution in [0.1, 0.15) is 15.2 Å². The topological polar surface area (TPSA) is 62.7 Å². The third-order valence-corrected chi connectivity index (χ3v) is 5.57. The van der Waals surface area contributed by atoms with Crippen LogP contribution in [0.3, 0.4) is 0 Å². The molecule has 0 aliphatic heterocycles. The van der Waals surface area contributed by atoms with E-state index >= 15 is 0 Å². The second-order valence-corrected chi connectivity index (χ2v) is 8.48. The first-order valence-electron chi connectivity index (χ1n) is 9.81. The normalized spacial score (nSPS) is 11.4. The lowest BCUT2D eigenvalue weighted by atomic mass is 10.1. The van der Waals surface area contributed by atoms with Crippen LogP contribution in [-0.2, 0) is 6.54 Å². The van der Waals surface area contributed by atoms with Crippen LogP contribution in [0, 0.1) is 12.7 Å². The van der Waals surface area contributed by atoms with E-state index in [-0.39, 0.29) is 16.5 Å². The minimum atomic E-state index is -4.49. The smallest absolute Gasteiger partial charge is 0.361 e. The van der Waals surface area contributed by atoms with Gasteiger partial charge < -0.3 is 9.55 Å². The van der Waals surface area contributed by atoms with Crippen LogP contribution in [0.4, 0.5) is 22.7 Å². The molecule has 0 radical (unpaired) electrons. The number of fused-ring (bicyclic) bond motifs is 2. The molecule has 5 nitrogen and oxygen atoms in total. The Bertz CT molecular complexity index is 1390. The van der Waals surface area contributed by atoms with Gasteiger partial charge >= 0.3 is 6.18 Å². The highest BCUT2D eigenvalue weighted by molar-refractivity contribution is 7.15. The number of nitrogens with zero attached hydrogens (tertiary/aromatic N) is 2. The lowest BCUT2D eigenvalue weighted by Gasteiger charge is -2.08. The van der Waals surface area contributed by atoms with Gasteiger partial charge in [0.15, 0.2) is 5.13 Å². The first kappa shape index (κ1) is 22.5. The van der Waals surface area contributed by atoms with Crippen molar-refractivity contribution in [2.75, 3.05) is 5.32 Å². The number of thiazole rings is 1. The highest BCUT2D eigenvalue weighted by Crippen LogP contribution is 2.28. The van der Waals surface area contributed by atoms with Crippen molar-refractivity contribution in [2.45, 2.75) is 19.6 Å². The summed E-state index contributed by atoms with van der Waals surface area (Å²) in [6, 6.07) is 13.7. The van der Waals surface area contributed by atoms with Gasteiger partial charge in [-0.2, -0.15) is 13.2 Å². The zero-order valence-corrected chi connectivity index (χ0v) is 18.1. The van der Waals surface area contributed by atoms with Crippen LogP contribution in [0.2, 0.25) is 0 Å². The number of aryl methyl sites for hydroxylation is 1. The van der Waals surface area contributed by atoms with Crippen molar-refractivity contribution in [3.63, 3.8) is 0 Å². The molecule has 0 aliphatic carbocycles. The number of halogens is 4. The van der Waals surface area contributed by atoms with Crippen LogP contribution in [0.5, 0.6) is 0 Å². The van der Waals surface area contributed by atoms with E-state index in [0.717, 1.165) is 27.8 Å². The second kappa shape index (κ2) is 9.07. The zero-order chi connectivity index (χ0) is 23.6. The van der Waals surface area contributed by atoms with Gasteiger partial charge in [-0.3, -0.25) is 10.1 Å². The number of anilines is 1. The molecule has 5 rings (SSSR count). The fourth-order valence-electron chi connectivity index (χ4n) is 3.34. The third kappa shape index (κ3) is 5.40. The van der Waals surface area contributed by atoms with Gasteiger partial charge in [0.25, 0.3) is 5.91 Å². The summed E-state index contributed by atoms with van der Waals surface area (Å²) in [6.07, 6.45) is 0.110. The molecule has 170 valence electrons. The van der Waals surface area contributed by atoms with Crippen molar-refractivity contribution in [1.82, 2.24) is 14.5 Å². The third-order valence-electron chi connectivity index (χ3n) is 4.74. The summed E-state index contributed by atoms with van der Waals surface area (Å²) in [5.74, 6) is -1.27. The first-order chi connectivity index (χ1) is 15.7. The van der Waals surface area contributed by atoms with E-state index in [9.17, 15) is 22.4 Å². The molecule has 0 aliphatic rings. The molecule has 0 saturated carbocycles.